The summed E-state index contributed by atoms with van der Waals surface area (Å²) in [6, 6.07) is 16.6. The zero-order chi connectivity index (χ0) is 22.1. The molecule has 2 aromatic carbocycles. The van der Waals surface area contributed by atoms with Gasteiger partial charge in [0.25, 0.3) is 5.91 Å². The number of benzene rings is 2. The Labute approximate surface area is 185 Å². The fraction of sp³-hybridized carbons (Fsp3) is 0.440. The van der Waals surface area contributed by atoms with Crippen molar-refractivity contribution in [2.75, 3.05) is 26.3 Å². The summed E-state index contributed by atoms with van der Waals surface area (Å²) in [7, 11) is 0. The third-order valence-electron chi connectivity index (χ3n) is 5.89. The van der Waals surface area contributed by atoms with Crippen LogP contribution in [0.5, 0.6) is 0 Å². The maximum Gasteiger partial charge on any atom is 0.251 e. The van der Waals surface area contributed by atoms with Gasteiger partial charge in [0.05, 0.1) is 13.2 Å². The summed E-state index contributed by atoms with van der Waals surface area (Å²) < 4.78 is 5.44. The quantitative estimate of drug-likeness (QED) is 0.651. The molecule has 2 amide bonds. The lowest BCUT2D eigenvalue weighted by Gasteiger charge is -2.27. The van der Waals surface area contributed by atoms with Gasteiger partial charge in [-0.25, -0.2) is 0 Å². The first-order valence-electron chi connectivity index (χ1n) is 11.1. The predicted molar refractivity (Wildman–Crippen MR) is 122 cm³/mol. The normalized spacial score (nSPS) is 16.3. The summed E-state index contributed by atoms with van der Waals surface area (Å²) in [5.74, 6) is -0.357. The van der Waals surface area contributed by atoms with Gasteiger partial charge in [-0.2, -0.15) is 0 Å². The minimum Gasteiger partial charge on any atom is -0.379 e. The molecule has 6 heteroatoms. The molecule has 0 bridgehead atoms. The number of amides is 2. The van der Waals surface area contributed by atoms with Crippen LogP contribution >= 0.6 is 0 Å². The van der Waals surface area contributed by atoms with Gasteiger partial charge in [-0.15, -0.1) is 0 Å². The highest BCUT2D eigenvalue weighted by molar-refractivity contribution is 5.97. The summed E-state index contributed by atoms with van der Waals surface area (Å²) in [5.41, 5.74) is 2.86. The first-order chi connectivity index (χ1) is 15.1. The van der Waals surface area contributed by atoms with Crippen molar-refractivity contribution in [3.8, 4) is 0 Å². The van der Waals surface area contributed by atoms with Crippen molar-refractivity contribution < 1.29 is 14.3 Å². The van der Waals surface area contributed by atoms with E-state index in [1.807, 2.05) is 44.2 Å². The van der Waals surface area contributed by atoms with E-state index in [4.69, 9.17) is 4.74 Å². The highest BCUT2D eigenvalue weighted by Crippen LogP contribution is 2.14. The van der Waals surface area contributed by atoms with Gasteiger partial charge in [0.1, 0.15) is 6.04 Å². The zero-order valence-corrected chi connectivity index (χ0v) is 18.5. The van der Waals surface area contributed by atoms with E-state index in [0.717, 1.165) is 44.8 Å². The van der Waals surface area contributed by atoms with Gasteiger partial charge in [-0.3, -0.25) is 14.5 Å². The monoisotopic (exact) mass is 423 g/mol. The van der Waals surface area contributed by atoms with Gasteiger partial charge in [0, 0.05) is 31.7 Å². The second-order valence-corrected chi connectivity index (χ2v) is 8.08. The first kappa shape index (κ1) is 23.0. The zero-order valence-electron chi connectivity index (χ0n) is 18.5. The van der Waals surface area contributed by atoms with Crippen LogP contribution in [0.4, 0.5) is 0 Å². The predicted octanol–water partition coefficient (Wildman–Crippen LogP) is 2.98. The average Bonchev–Trinajstić information content (AvgIpc) is 2.82. The molecule has 0 saturated carbocycles. The van der Waals surface area contributed by atoms with E-state index in [1.54, 1.807) is 12.1 Å². The Morgan fingerprint density at radius 1 is 1.00 bits per heavy atom. The molecule has 0 aliphatic carbocycles. The highest BCUT2D eigenvalue weighted by atomic mass is 16.5. The molecule has 0 radical (unpaired) electrons. The SMILES string of the molecule is CC[C@H](C)[C@H](NC(=O)c1ccccc1)C(=O)NCc1ccccc1CN1CCOCC1. The molecular formula is C25H33N3O3. The van der Waals surface area contributed by atoms with E-state index in [-0.39, 0.29) is 17.7 Å². The summed E-state index contributed by atoms with van der Waals surface area (Å²) in [4.78, 5) is 28.0. The van der Waals surface area contributed by atoms with Crippen LogP contribution in [0, 0.1) is 5.92 Å². The number of rotatable bonds is 9. The Hall–Kier alpha value is -2.70. The first-order valence-corrected chi connectivity index (χ1v) is 11.1. The fourth-order valence-corrected chi connectivity index (χ4v) is 3.69. The topological polar surface area (TPSA) is 70.7 Å². The average molecular weight is 424 g/mol. The van der Waals surface area contributed by atoms with E-state index in [0.29, 0.717) is 12.1 Å². The van der Waals surface area contributed by atoms with Crippen LogP contribution in [0.25, 0.3) is 0 Å². The van der Waals surface area contributed by atoms with Gasteiger partial charge >= 0.3 is 0 Å². The smallest absolute Gasteiger partial charge is 0.251 e. The number of hydrogen-bond donors (Lipinski definition) is 2. The molecule has 166 valence electrons. The minimum atomic E-state index is -0.580. The number of morpholine rings is 1. The van der Waals surface area contributed by atoms with Gasteiger partial charge in [0.15, 0.2) is 0 Å². The third-order valence-corrected chi connectivity index (χ3v) is 5.89. The maximum absolute atomic E-state index is 13.0. The van der Waals surface area contributed by atoms with Crippen molar-refractivity contribution in [2.45, 2.75) is 39.4 Å². The van der Waals surface area contributed by atoms with Crippen molar-refractivity contribution in [1.82, 2.24) is 15.5 Å². The highest BCUT2D eigenvalue weighted by Gasteiger charge is 2.26. The van der Waals surface area contributed by atoms with Gasteiger partial charge in [-0.1, -0.05) is 62.7 Å². The number of ether oxygens (including phenoxy) is 1. The molecule has 0 unspecified atom stereocenters. The standard InChI is InChI=1S/C25H33N3O3/c1-3-19(2)23(27-24(29)20-9-5-4-6-10-20)25(30)26-17-21-11-7-8-12-22(21)18-28-13-15-31-16-14-28/h4-12,19,23H,3,13-18H2,1-2H3,(H,26,30)(H,27,29)/t19-,23-/m0/s1. The van der Waals surface area contributed by atoms with E-state index in [2.05, 4.69) is 27.7 Å². The lowest BCUT2D eigenvalue weighted by molar-refractivity contribution is -0.124. The Balaban J connectivity index is 1.63. The molecule has 2 aromatic rings. The second-order valence-electron chi connectivity index (χ2n) is 8.08. The van der Waals surface area contributed by atoms with E-state index >= 15 is 0 Å². The molecule has 1 aliphatic heterocycles. The fourth-order valence-electron chi connectivity index (χ4n) is 3.69. The maximum atomic E-state index is 13.0. The lowest BCUT2D eigenvalue weighted by Crippen LogP contribution is -2.50. The van der Waals surface area contributed by atoms with Crippen LogP contribution in [-0.2, 0) is 22.6 Å². The van der Waals surface area contributed by atoms with Gasteiger partial charge in [0.2, 0.25) is 5.91 Å². The van der Waals surface area contributed by atoms with Crippen LogP contribution in [0.1, 0.15) is 41.8 Å². The summed E-state index contributed by atoms with van der Waals surface area (Å²) in [5, 5.41) is 5.98. The van der Waals surface area contributed by atoms with Crippen molar-refractivity contribution in [3.63, 3.8) is 0 Å². The van der Waals surface area contributed by atoms with Crippen molar-refractivity contribution in [2.24, 2.45) is 5.92 Å². The number of hydrogen-bond acceptors (Lipinski definition) is 4. The number of carbonyl (C=O) groups excluding carboxylic acids is 2. The van der Waals surface area contributed by atoms with E-state index in [1.165, 1.54) is 5.56 Å². The van der Waals surface area contributed by atoms with Crippen LogP contribution in [-0.4, -0.2) is 49.1 Å². The van der Waals surface area contributed by atoms with Crippen LogP contribution in [0.2, 0.25) is 0 Å². The molecule has 0 aromatic heterocycles. The molecule has 2 atom stereocenters. The Morgan fingerprint density at radius 3 is 2.32 bits per heavy atom. The third kappa shape index (κ3) is 6.64. The van der Waals surface area contributed by atoms with Crippen molar-refractivity contribution >= 4 is 11.8 Å². The lowest BCUT2D eigenvalue weighted by atomic mass is 9.97. The summed E-state index contributed by atoms with van der Waals surface area (Å²) >= 11 is 0. The van der Waals surface area contributed by atoms with Crippen LogP contribution < -0.4 is 10.6 Å². The Bertz CT molecular complexity index is 850. The molecule has 2 N–H and O–H groups in total. The van der Waals surface area contributed by atoms with Crippen LogP contribution in [0.15, 0.2) is 54.6 Å². The minimum absolute atomic E-state index is 0.0243. The molecular weight excluding hydrogens is 390 g/mol. The van der Waals surface area contributed by atoms with E-state index < -0.39 is 6.04 Å². The largest absolute Gasteiger partial charge is 0.379 e. The Morgan fingerprint density at radius 2 is 1.65 bits per heavy atom. The van der Waals surface area contributed by atoms with Crippen molar-refractivity contribution in [3.05, 3.63) is 71.3 Å². The molecule has 1 aliphatic rings. The molecule has 3 rings (SSSR count). The van der Waals surface area contributed by atoms with Crippen molar-refractivity contribution in [1.29, 1.82) is 0 Å². The molecule has 1 fully saturated rings. The molecule has 1 heterocycles. The molecule has 31 heavy (non-hydrogen) atoms. The number of carbonyl (C=O) groups is 2. The number of nitrogens with zero attached hydrogens (tertiary/aromatic N) is 1. The Kier molecular flexibility index (Phi) is 8.62. The second kappa shape index (κ2) is 11.6. The summed E-state index contributed by atoms with van der Waals surface area (Å²) in [6.07, 6.45) is 0.792. The number of nitrogens with one attached hydrogen (secondary N) is 2. The van der Waals surface area contributed by atoms with Crippen LogP contribution in [0.3, 0.4) is 0 Å². The molecule has 6 nitrogen and oxygen atoms in total. The van der Waals surface area contributed by atoms with Gasteiger partial charge < -0.3 is 15.4 Å². The van der Waals surface area contributed by atoms with E-state index in [9.17, 15) is 9.59 Å². The van der Waals surface area contributed by atoms with Gasteiger partial charge in [-0.05, 0) is 29.2 Å². The molecule has 1 saturated heterocycles. The summed E-state index contributed by atoms with van der Waals surface area (Å²) in [6.45, 7) is 8.65. The molecule has 0 spiro atoms.